The molecular formula is C43H52N12O5. The predicted molar refractivity (Wildman–Crippen MR) is 226 cm³/mol. The van der Waals surface area contributed by atoms with E-state index in [1.165, 1.54) is 0 Å². The second-order valence-corrected chi connectivity index (χ2v) is 16.8. The van der Waals surface area contributed by atoms with Gasteiger partial charge in [0.15, 0.2) is 11.5 Å². The van der Waals surface area contributed by atoms with Crippen molar-refractivity contribution in [1.82, 2.24) is 34.9 Å². The molecule has 7 heterocycles. The Morgan fingerprint density at radius 2 is 1.62 bits per heavy atom. The standard InChI is InChI=1S/C43H52N12O5/c1-27-5-12-35(40(57)46-27)55-41(58)33-11-10-31(22-34(33)42(55)59)52-15-13-28(25-52)24-50-17-19-51(20-18-50)30-8-6-29(7-9-30)47-39-37(38(44)56)45-23-36(48-39)53-14-3-4-32(26-53)54-21-16-49(2)43(54)60/h6-11,22-23,28,32,35H,1,3-5,12-21,24-26H2,2H3,(H2,44,56)(H,46,57)(H,47,48)/t28-,32-,35?/m1/s1. The number of amides is 6. The average Bonchev–Trinajstić information content (AvgIpc) is 3.93. The van der Waals surface area contributed by atoms with E-state index in [9.17, 15) is 24.0 Å². The second-order valence-electron chi connectivity index (χ2n) is 16.8. The Kier molecular flexibility index (Phi) is 10.5. The number of allylic oxidation sites excluding steroid dienone is 1. The first-order valence-electron chi connectivity index (χ1n) is 21.0. The Morgan fingerprint density at radius 3 is 2.35 bits per heavy atom. The van der Waals surface area contributed by atoms with Crippen LogP contribution in [0, 0.1) is 5.92 Å². The van der Waals surface area contributed by atoms with Gasteiger partial charge >= 0.3 is 6.03 Å². The highest BCUT2D eigenvalue weighted by Gasteiger charge is 2.44. The third kappa shape index (κ3) is 7.57. The minimum atomic E-state index is -0.820. The van der Waals surface area contributed by atoms with Gasteiger partial charge in [0.05, 0.1) is 23.4 Å². The molecule has 1 unspecified atom stereocenters. The SMILES string of the molecule is C=C1CCC(N2C(=O)c3ccc(N4CC[C@H](CN5CCN(c6ccc(Nc7nc(N8CCC[C@@H](N9CCN(C)C9=O)C8)cnc7C(N)=O)cc6)CC5)C4)cc3C2=O)C(=O)N1. The van der Waals surface area contributed by atoms with E-state index in [-0.39, 0.29) is 23.7 Å². The van der Waals surface area contributed by atoms with Crippen LogP contribution in [0.4, 0.5) is 33.5 Å². The molecule has 0 aliphatic carbocycles. The molecule has 0 spiro atoms. The number of nitrogens with one attached hydrogen (secondary N) is 2. The molecule has 2 aromatic carbocycles. The van der Waals surface area contributed by atoms with Crippen LogP contribution in [0.3, 0.4) is 0 Å². The number of urea groups is 1. The first-order valence-corrected chi connectivity index (χ1v) is 21.0. The van der Waals surface area contributed by atoms with E-state index >= 15 is 0 Å². The van der Waals surface area contributed by atoms with Gasteiger partial charge in [-0.05, 0) is 80.5 Å². The lowest BCUT2D eigenvalue weighted by molar-refractivity contribution is -0.125. The van der Waals surface area contributed by atoms with E-state index in [2.05, 4.69) is 53.9 Å². The van der Waals surface area contributed by atoms with Crippen molar-refractivity contribution in [3.05, 3.63) is 77.8 Å². The Bertz CT molecular complexity index is 2230. The summed E-state index contributed by atoms with van der Waals surface area (Å²) < 4.78 is 0. The number of nitrogens with two attached hydrogens (primary N) is 1. The fraction of sp³-hybridized carbons (Fsp3) is 0.465. The first kappa shape index (κ1) is 39.2. The molecule has 4 N–H and O–H groups in total. The third-order valence-electron chi connectivity index (χ3n) is 13.0. The number of hydrogen-bond acceptors (Lipinski definition) is 12. The molecule has 0 saturated carbocycles. The van der Waals surface area contributed by atoms with Gasteiger partial charge in [0.25, 0.3) is 17.7 Å². The van der Waals surface area contributed by atoms with Crippen LogP contribution in [-0.2, 0) is 4.79 Å². The summed E-state index contributed by atoms with van der Waals surface area (Å²) in [5.74, 6) is -0.437. The smallest absolute Gasteiger partial charge is 0.320 e. The lowest BCUT2D eigenvalue weighted by atomic mass is 10.0. The normalized spacial score (nSPS) is 23.8. The quantitative estimate of drug-likeness (QED) is 0.255. The van der Waals surface area contributed by atoms with Gasteiger partial charge in [0.2, 0.25) is 5.91 Å². The van der Waals surface area contributed by atoms with Crippen molar-refractivity contribution in [2.24, 2.45) is 11.7 Å². The number of benzene rings is 2. The topological polar surface area (TPSA) is 184 Å². The molecule has 60 heavy (non-hydrogen) atoms. The number of carbonyl (C=O) groups excluding carboxylic acids is 5. The molecule has 6 amide bonds. The summed E-state index contributed by atoms with van der Waals surface area (Å²) in [4.78, 5) is 87.7. The Balaban J connectivity index is 0.771. The van der Waals surface area contributed by atoms with Gasteiger partial charge in [-0.1, -0.05) is 6.58 Å². The Hall–Kier alpha value is -6.23. The zero-order chi connectivity index (χ0) is 41.7. The number of imide groups is 1. The summed E-state index contributed by atoms with van der Waals surface area (Å²) in [5, 5.41) is 5.98. The van der Waals surface area contributed by atoms with Crippen LogP contribution < -0.4 is 31.1 Å². The number of primary amides is 1. The number of fused-ring (bicyclic) bond motifs is 1. The molecule has 17 nitrogen and oxygen atoms in total. The zero-order valence-electron chi connectivity index (χ0n) is 34.0. The number of anilines is 5. The third-order valence-corrected chi connectivity index (χ3v) is 13.0. The van der Waals surface area contributed by atoms with E-state index in [4.69, 9.17) is 10.7 Å². The summed E-state index contributed by atoms with van der Waals surface area (Å²) in [7, 11) is 1.83. The number of rotatable bonds is 10. The fourth-order valence-electron chi connectivity index (χ4n) is 9.62. The summed E-state index contributed by atoms with van der Waals surface area (Å²) in [6, 6.07) is 12.9. The van der Waals surface area contributed by atoms with Crippen molar-refractivity contribution in [2.75, 3.05) is 99.1 Å². The summed E-state index contributed by atoms with van der Waals surface area (Å²) in [5.41, 5.74) is 9.90. The van der Waals surface area contributed by atoms with Crippen LogP contribution in [0.5, 0.6) is 0 Å². The van der Waals surface area contributed by atoms with Gasteiger partial charge in [-0.15, -0.1) is 0 Å². The van der Waals surface area contributed by atoms with E-state index in [1.54, 1.807) is 17.2 Å². The summed E-state index contributed by atoms with van der Waals surface area (Å²) in [6.45, 7) is 13.1. The van der Waals surface area contributed by atoms with Crippen molar-refractivity contribution >= 4 is 58.4 Å². The van der Waals surface area contributed by atoms with Crippen LogP contribution >= 0.6 is 0 Å². The molecule has 5 fully saturated rings. The largest absolute Gasteiger partial charge is 0.371 e. The number of piperidine rings is 2. The molecule has 6 aliphatic heterocycles. The number of aromatic nitrogens is 2. The van der Waals surface area contributed by atoms with Crippen LogP contribution in [0.1, 0.15) is 63.3 Å². The van der Waals surface area contributed by atoms with E-state index in [0.717, 1.165) is 107 Å². The molecule has 1 aromatic heterocycles. The van der Waals surface area contributed by atoms with Crippen molar-refractivity contribution in [3.8, 4) is 0 Å². The number of carbonyl (C=O) groups is 5. The molecule has 314 valence electrons. The average molecular weight is 817 g/mol. The number of hydrogen-bond donors (Lipinski definition) is 3. The van der Waals surface area contributed by atoms with Gasteiger partial charge in [-0.2, -0.15) is 0 Å². The molecule has 6 aliphatic rings. The van der Waals surface area contributed by atoms with Crippen molar-refractivity contribution < 1.29 is 24.0 Å². The van der Waals surface area contributed by atoms with Crippen LogP contribution in [0.25, 0.3) is 0 Å². The number of piperazine rings is 1. The zero-order valence-corrected chi connectivity index (χ0v) is 34.0. The van der Waals surface area contributed by atoms with Gasteiger partial charge in [-0.25, -0.2) is 14.8 Å². The van der Waals surface area contributed by atoms with Gasteiger partial charge in [0, 0.05) is 102 Å². The molecule has 5 saturated heterocycles. The van der Waals surface area contributed by atoms with Crippen LogP contribution in [-0.4, -0.2) is 150 Å². The van der Waals surface area contributed by atoms with Crippen LogP contribution in [0.15, 0.2) is 60.9 Å². The maximum absolute atomic E-state index is 13.4. The highest BCUT2D eigenvalue weighted by atomic mass is 16.2. The summed E-state index contributed by atoms with van der Waals surface area (Å²) in [6.07, 6.45) is 5.39. The Morgan fingerprint density at radius 1 is 0.850 bits per heavy atom. The van der Waals surface area contributed by atoms with Gasteiger partial charge in [-0.3, -0.25) is 29.0 Å². The highest BCUT2D eigenvalue weighted by Crippen LogP contribution is 2.34. The second kappa shape index (κ2) is 16.1. The molecule has 0 bridgehead atoms. The molecule has 0 radical (unpaired) electrons. The Labute approximate surface area is 349 Å². The first-order chi connectivity index (χ1) is 29.0. The number of nitrogens with zero attached hydrogens (tertiary/aromatic N) is 9. The molecule has 9 rings (SSSR count). The lowest BCUT2D eigenvalue weighted by Crippen LogP contribution is -2.51. The molecule has 3 atom stereocenters. The minimum absolute atomic E-state index is 0.0603. The van der Waals surface area contributed by atoms with Crippen molar-refractivity contribution in [3.63, 3.8) is 0 Å². The maximum Gasteiger partial charge on any atom is 0.320 e. The van der Waals surface area contributed by atoms with Crippen molar-refractivity contribution in [2.45, 2.75) is 44.2 Å². The van der Waals surface area contributed by atoms with Gasteiger partial charge < -0.3 is 40.9 Å². The van der Waals surface area contributed by atoms with Gasteiger partial charge in [0.1, 0.15) is 11.9 Å². The fourth-order valence-corrected chi connectivity index (χ4v) is 9.62. The van der Waals surface area contributed by atoms with Crippen molar-refractivity contribution in [1.29, 1.82) is 0 Å². The molecular weight excluding hydrogens is 765 g/mol. The van der Waals surface area contributed by atoms with E-state index in [1.807, 2.05) is 36.2 Å². The van der Waals surface area contributed by atoms with E-state index < -0.39 is 23.8 Å². The highest BCUT2D eigenvalue weighted by molar-refractivity contribution is 6.23. The monoisotopic (exact) mass is 816 g/mol. The minimum Gasteiger partial charge on any atom is -0.371 e. The number of likely N-dealkylation sites (N-methyl/N-ethyl adjacent to an activating group) is 1. The van der Waals surface area contributed by atoms with E-state index in [0.29, 0.717) is 53.8 Å². The summed E-state index contributed by atoms with van der Waals surface area (Å²) >= 11 is 0. The van der Waals surface area contributed by atoms with Crippen LogP contribution in [0.2, 0.25) is 0 Å². The molecule has 17 heteroatoms. The maximum atomic E-state index is 13.4. The lowest BCUT2D eigenvalue weighted by Gasteiger charge is -2.37. The molecule has 3 aromatic rings. The predicted octanol–water partition coefficient (Wildman–Crippen LogP) is 2.69.